The van der Waals surface area contributed by atoms with Crippen molar-refractivity contribution in [2.24, 2.45) is 0 Å². The van der Waals surface area contributed by atoms with E-state index in [2.05, 4.69) is 15.0 Å². The smallest absolute Gasteiger partial charge is 0.222 e. The summed E-state index contributed by atoms with van der Waals surface area (Å²) in [5, 5.41) is 1.31. The van der Waals surface area contributed by atoms with Crippen LogP contribution in [0.1, 0.15) is 0 Å². The molecule has 1 N–H and O–H groups in total. The number of halogens is 1. The summed E-state index contributed by atoms with van der Waals surface area (Å²) < 4.78 is 5.20. The number of H-pyrrole nitrogens is 1. The Hall–Kier alpha value is -2.07. The highest BCUT2D eigenvalue weighted by atomic mass is 35.5. The second-order valence-corrected chi connectivity index (χ2v) is 4.19. The van der Waals surface area contributed by atoms with Gasteiger partial charge in [0.05, 0.1) is 18.5 Å². The molecular weight excluding hydrogens is 250 g/mol. The van der Waals surface area contributed by atoms with Crippen LogP contribution >= 0.6 is 11.6 Å². The molecule has 3 aromatic rings. The molecule has 4 nitrogen and oxygen atoms in total. The minimum atomic E-state index is 0.240. The highest BCUT2D eigenvalue weighted by molar-refractivity contribution is 6.28. The second kappa shape index (κ2) is 4.31. The standard InChI is InChI=1S/C13H10ClN3O/c1-18-9-2-3-10-8(6-9)7-12(16-10)11-4-5-15-13(14)17-11/h2-7,16H,1H3. The molecule has 0 aliphatic carbocycles. The lowest BCUT2D eigenvalue weighted by atomic mass is 10.2. The van der Waals surface area contributed by atoms with E-state index in [0.717, 1.165) is 28.0 Å². The molecule has 0 amide bonds. The monoisotopic (exact) mass is 259 g/mol. The molecular formula is C13H10ClN3O. The number of fused-ring (bicyclic) bond motifs is 1. The fourth-order valence-corrected chi connectivity index (χ4v) is 2.01. The van der Waals surface area contributed by atoms with Crippen molar-refractivity contribution in [1.82, 2.24) is 15.0 Å². The van der Waals surface area contributed by atoms with Crippen molar-refractivity contribution in [3.63, 3.8) is 0 Å². The average Bonchev–Trinajstić information content (AvgIpc) is 2.81. The van der Waals surface area contributed by atoms with Crippen LogP contribution in [0.25, 0.3) is 22.3 Å². The number of ether oxygens (including phenoxy) is 1. The summed E-state index contributed by atoms with van der Waals surface area (Å²) in [6.45, 7) is 0. The molecule has 0 unspecified atom stereocenters. The summed E-state index contributed by atoms with van der Waals surface area (Å²) in [5.74, 6) is 0.828. The van der Waals surface area contributed by atoms with Crippen molar-refractivity contribution in [2.45, 2.75) is 0 Å². The van der Waals surface area contributed by atoms with E-state index in [1.165, 1.54) is 0 Å². The van der Waals surface area contributed by atoms with Gasteiger partial charge in [0.25, 0.3) is 0 Å². The maximum atomic E-state index is 5.79. The summed E-state index contributed by atoms with van der Waals surface area (Å²) >= 11 is 5.79. The number of nitrogens with zero attached hydrogens (tertiary/aromatic N) is 2. The van der Waals surface area contributed by atoms with Gasteiger partial charge in [-0.2, -0.15) is 0 Å². The number of hydrogen-bond donors (Lipinski definition) is 1. The van der Waals surface area contributed by atoms with Gasteiger partial charge in [0.1, 0.15) is 5.75 Å². The van der Waals surface area contributed by atoms with Gasteiger partial charge in [-0.3, -0.25) is 0 Å². The third-order valence-electron chi connectivity index (χ3n) is 2.73. The molecule has 0 saturated heterocycles. The van der Waals surface area contributed by atoms with Crippen LogP contribution in [-0.2, 0) is 0 Å². The zero-order valence-corrected chi connectivity index (χ0v) is 10.4. The summed E-state index contributed by atoms with van der Waals surface area (Å²) in [4.78, 5) is 11.3. The van der Waals surface area contributed by atoms with Gasteiger partial charge in [0, 0.05) is 17.1 Å². The molecule has 0 atom stereocenters. The van der Waals surface area contributed by atoms with E-state index >= 15 is 0 Å². The van der Waals surface area contributed by atoms with E-state index in [4.69, 9.17) is 16.3 Å². The van der Waals surface area contributed by atoms with Crippen LogP contribution in [0.15, 0.2) is 36.5 Å². The fraction of sp³-hybridized carbons (Fsp3) is 0.0769. The lowest BCUT2D eigenvalue weighted by molar-refractivity contribution is 0.415. The topological polar surface area (TPSA) is 50.8 Å². The van der Waals surface area contributed by atoms with E-state index in [1.807, 2.05) is 30.3 Å². The predicted molar refractivity (Wildman–Crippen MR) is 70.9 cm³/mol. The third-order valence-corrected chi connectivity index (χ3v) is 2.91. The number of aromatic nitrogens is 3. The molecule has 0 bridgehead atoms. The average molecular weight is 260 g/mol. The molecule has 0 spiro atoms. The molecule has 0 aliphatic rings. The zero-order chi connectivity index (χ0) is 12.5. The van der Waals surface area contributed by atoms with Crippen LogP contribution in [0, 0.1) is 0 Å². The van der Waals surface area contributed by atoms with E-state index in [9.17, 15) is 0 Å². The van der Waals surface area contributed by atoms with E-state index in [1.54, 1.807) is 13.3 Å². The zero-order valence-electron chi connectivity index (χ0n) is 9.64. The first-order chi connectivity index (χ1) is 8.76. The summed E-state index contributed by atoms with van der Waals surface area (Å²) in [6.07, 6.45) is 1.64. The Morgan fingerprint density at radius 3 is 2.89 bits per heavy atom. The van der Waals surface area contributed by atoms with Crippen LogP contribution in [0.2, 0.25) is 5.28 Å². The van der Waals surface area contributed by atoms with Crippen molar-refractivity contribution >= 4 is 22.5 Å². The van der Waals surface area contributed by atoms with Crippen molar-refractivity contribution in [3.05, 3.63) is 41.8 Å². The van der Waals surface area contributed by atoms with Crippen molar-refractivity contribution in [2.75, 3.05) is 7.11 Å². The Labute approximate surface area is 109 Å². The van der Waals surface area contributed by atoms with Gasteiger partial charge in [-0.15, -0.1) is 0 Å². The molecule has 3 rings (SSSR count). The molecule has 1 aromatic carbocycles. The molecule has 2 heterocycles. The van der Waals surface area contributed by atoms with Crippen LogP contribution in [-0.4, -0.2) is 22.1 Å². The Morgan fingerprint density at radius 1 is 1.22 bits per heavy atom. The lowest BCUT2D eigenvalue weighted by Crippen LogP contribution is -1.85. The quantitative estimate of drug-likeness (QED) is 0.719. The first kappa shape index (κ1) is 11.0. The van der Waals surface area contributed by atoms with Gasteiger partial charge in [-0.1, -0.05) is 0 Å². The first-order valence-electron chi connectivity index (χ1n) is 5.42. The number of benzene rings is 1. The Kier molecular flexibility index (Phi) is 2.64. The second-order valence-electron chi connectivity index (χ2n) is 3.85. The predicted octanol–water partition coefficient (Wildman–Crippen LogP) is 3.29. The van der Waals surface area contributed by atoms with Gasteiger partial charge >= 0.3 is 0 Å². The van der Waals surface area contributed by atoms with E-state index < -0.39 is 0 Å². The summed E-state index contributed by atoms with van der Waals surface area (Å²) in [6, 6.07) is 9.68. The molecule has 18 heavy (non-hydrogen) atoms. The van der Waals surface area contributed by atoms with Gasteiger partial charge in [0.15, 0.2) is 0 Å². The maximum absolute atomic E-state index is 5.79. The molecule has 0 aliphatic heterocycles. The lowest BCUT2D eigenvalue weighted by Gasteiger charge is -1.97. The van der Waals surface area contributed by atoms with Gasteiger partial charge in [0.2, 0.25) is 5.28 Å². The molecule has 2 aromatic heterocycles. The Balaban J connectivity index is 2.13. The molecule has 0 radical (unpaired) electrons. The highest BCUT2D eigenvalue weighted by Crippen LogP contribution is 2.26. The normalized spacial score (nSPS) is 10.8. The van der Waals surface area contributed by atoms with Crippen LogP contribution in [0.3, 0.4) is 0 Å². The van der Waals surface area contributed by atoms with Gasteiger partial charge in [-0.05, 0) is 41.9 Å². The van der Waals surface area contributed by atoms with Crippen LogP contribution in [0.5, 0.6) is 5.75 Å². The van der Waals surface area contributed by atoms with Crippen LogP contribution in [0.4, 0.5) is 0 Å². The summed E-state index contributed by atoms with van der Waals surface area (Å²) in [5.41, 5.74) is 2.70. The highest BCUT2D eigenvalue weighted by Gasteiger charge is 2.06. The number of rotatable bonds is 2. The number of aromatic amines is 1. The largest absolute Gasteiger partial charge is 0.497 e. The van der Waals surface area contributed by atoms with Crippen molar-refractivity contribution < 1.29 is 4.74 Å². The molecule has 5 heteroatoms. The van der Waals surface area contributed by atoms with E-state index in [-0.39, 0.29) is 5.28 Å². The number of hydrogen-bond acceptors (Lipinski definition) is 3. The van der Waals surface area contributed by atoms with Gasteiger partial charge < -0.3 is 9.72 Å². The fourth-order valence-electron chi connectivity index (χ4n) is 1.86. The first-order valence-corrected chi connectivity index (χ1v) is 5.80. The SMILES string of the molecule is COc1ccc2[nH]c(-c3ccnc(Cl)n3)cc2c1. The molecule has 0 saturated carbocycles. The minimum absolute atomic E-state index is 0.240. The molecule has 0 fully saturated rings. The molecule has 90 valence electrons. The maximum Gasteiger partial charge on any atom is 0.222 e. The number of methoxy groups -OCH3 is 1. The minimum Gasteiger partial charge on any atom is -0.497 e. The van der Waals surface area contributed by atoms with Crippen LogP contribution < -0.4 is 4.74 Å². The Morgan fingerprint density at radius 2 is 2.11 bits per heavy atom. The van der Waals surface area contributed by atoms with Gasteiger partial charge in [-0.25, -0.2) is 9.97 Å². The Bertz CT molecular complexity index is 708. The van der Waals surface area contributed by atoms with E-state index in [0.29, 0.717) is 0 Å². The third kappa shape index (κ3) is 1.91. The van der Waals surface area contributed by atoms with Crippen molar-refractivity contribution in [3.8, 4) is 17.1 Å². The number of nitrogens with one attached hydrogen (secondary N) is 1. The van der Waals surface area contributed by atoms with Crippen molar-refractivity contribution in [1.29, 1.82) is 0 Å². The summed E-state index contributed by atoms with van der Waals surface area (Å²) in [7, 11) is 1.65.